The summed E-state index contributed by atoms with van der Waals surface area (Å²) in [5.41, 5.74) is 0. The Labute approximate surface area is 142 Å². The molecule has 8 heteroatoms. The van der Waals surface area contributed by atoms with Crippen LogP contribution >= 0.6 is 0 Å². The Morgan fingerprint density at radius 3 is 2.83 bits per heavy atom. The monoisotopic (exact) mass is 338 g/mol. The van der Waals surface area contributed by atoms with Crippen molar-refractivity contribution >= 4 is 11.9 Å². The Balaban J connectivity index is 1.80. The van der Waals surface area contributed by atoms with Crippen LogP contribution in [0.1, 0.15) is 12.8 Å². The van der Waals surface area contributed by atoms with Gasteiger partial charge in [-0.3, -0.25) is 4.79 Å². The Morgan fingerprint density at radius 1 is 1.17 bits per heavy atom. The summed E-state index contributed by atoms with van der Waals surface area (Å²) in [6.45, 7) is 4.44. The van der Waals surface area contributed by atoms with Gasteiger partial charge in [0.2, 0.25) is 17.7 Å². The fourth-order valence-corrected chi connectivity index (χ4v) is 2.53. The highest BCUT2D eigenvalue weighted by atomic mass is 16.5. The molecule has 24 heavy (non-hydrogen) atoms. The molecule has 1 amide bonds. The van der Waals surface area contributed by atoms with E-state index in [0.717, 1.165) is 19.5 Å². The zero-order valence-electron chi connectivity index (χ0n) is 14.4. The molecule has 134 valence electrons. The van der Waals surface area contributed by atoms with E-state index in [1.165, 1.54) is 0 Å². The molecule has 1 saturated heterocycles. The molecular weight excluding hydrogens is 312 g/mol. The molecule has 2 heterocycles. The van der Waals surface area contributed by atoms with Gasteiger partial charge in [0.05, 0.1) is 33.4 Å². The minimum atomic E-state index is 0.126. The van der Waals surface area contributed by atoms with Crippen LogP contribution in [0.3, 0.4) is 0 Å². The van der Waals surface area contributed by atoms with Gasteiger partial charge in [0.25, 0.3) is 0 Å². The number of amides is 1. The van der Waals surface area contributed by atoms with E-state index >= 15 is 0 Å². The van der Waals surface area contributed by atoms with Crippen LogP contribution in [0, 0.1) is 0 Å². The number of anilines is 1. The van der Waals surface area contributed by atoms with E-state index in [1.807, 2.05) is 4.90 Å². The molecule has 0 spiro atoms. The van der Waals surface area contributed by atoms with Crippen LogP contribution in [-0.4, -0.2) is 81.0 Å². The summed E-state index contributed by atoms with van der Waals surface area (Å²) in [7, 11) is 3.22. The minimum Gasteiger partial charge on any atom is -0.481 e. The topological polar surface area (TPSA) is 77.0 Å². The maximum atomic E-state index is 12.3. The first-order valence-electron chi connectivity index (χ1n) is 8.21. The standard InChI is InChI=1S/C16H26N4O4/c1-22-12-13-24-11-5-15(21)19-7-3-8-20(10-9-19)16-17-6-4-14(18-16)23-2/h4,6H,3,5,7-13H2,1-2H3. The molecule has 0 atom stereocenters. The number of nitrogens with zero attached hydrogens (tertiary/aromatic N) is 4. The van der Waals surface area contributed by atoms with E-state index in [9.17, 15) is 4.79 Å². The molecule has 1 aliphatic rings. The number of carbonyl (C=O) groups excluding carboxylic acids is 1. The molecule has 0 unspecified atom stereocenters. The van der Waals surface area contributed by atoms with Crippen LogP contribution in [0.4, 0.5) is 5.95 Å². The highest BCUT2D eigenvalue weighted by Crippen LogP contribution is 2.15. The molecule has 8 nitrogen and oxygen atoms in total. The van der Waals surface area contributed by atoms with Crippen molar-refractivity contribution in [3.63, 3.8) is 0 Å². The van der Waals surface area contributed by atoms with E-state index < -0.39 is 0 Å². The maximum absolute atomic E-state index is 12.3. The van der Waals surface area contributed by atoms with Crippen LogP contribution < -0.4 is 9.64 Å². The summed E-state index contributed by atoms with van der Waals surface area (Å²) in [4.78, 5) is 24.9. The van der Waals surface area contributed by atoms with E-state index in [2.05, 4.69) is 14.9 Å². The van der Waals surface area contributed by atoms with E-state index in [0.29, 0.717) is 51.2 Å². The van der Waals surface area contributed by atoms with Gasteiger partial charge in [-0.2, -0.15) is 4.98 Å². The molecule has 1 aliphatic heterocycles. The molecule has 2 rings (SSSR count). The van der Waals surface area contributed by atoms with Gasteiger partial charge in [-0.25, -0.2) is 4.98 Å². The summed E-state index contributed by atoms with van der Waals surface area (Å²) >= 11 is 0. The van der Waals surface area contributed by atoms with Crippen molar-refractivity contribution in [3.8, 4) is 5.88 Å². The predicted molar refractivity (Wildman–Crippen MR) is 89.3 cm³/mol. The number of aromatic nitrogens is 2. The minimum absolute atomic E-state index is 0.126. The second kappa shape index (κ2) is 10.0. The number of methoxy groups -OCH3 is 2. The normalized spacial score (nSPS) is 15.2. The van der Waals surface area contributed by atoms with Gasteiger partial charge in [0.1, 0.15) is 0 Å². The van der Waals surface area contributed by atoms with Gasteiger partial charge in [0.15, 0.2) is 0 Å². The molecule has 0 aromatic carbocycles. The lowest BCUT2D eigenvalue weighted by Gasteiger charge is -2.22. The van der Waals surface area contributed by atoms with Gasteiger partial charge < -0.3 is 24.0 Å². The molecule has 0 bridgehead atoms. The second-order valence-corrected chi connectivity index (χ2v) is 5.48. The third-order valence-electron chi connectivity index (χ3n) is 3.85. The van der Waals surface area contributed by atoms with Gasteiger partial charge in [-0.1, -0.05) is 0 Å². The number of carbonyl (C=O) groups is 1. The van der Waals surface area contributed by atoms with E-state index in [4.69, 9.17) is 14.2 Å². The van der Waals surface area contributed by atoms with Crippen molar-refractivity contribution in [1.82, 2.24) is 14.9 Å². The third kappa shape index (κ3) is 5.61. The lowest BCUT2D eigenvalue weighted by molar-refractivity contribution is -0.132. The smallest absolute Gasteiger partial charge is 0.228 e. The highest BCUT2D eigenvalue weighted by molar-refractivity contribution is 5.76. The summed E-state index contributed by atoms with van der Waals surface area (Å²) in [5.74, 6) is 1.32. The number of ether oxygens (including phenoxy) is 3. The molecule has 0 N–H and O–H groups in total. The molecule has 0 radical (unpaired) electrons. The van der Waals surface area contributed by atoms with Crippen LogP contribution in [0.2, 0.25) is 0 Å². The average Bonchev–Trinajstić information content (AvgIpc) is 2.87. The molecule has 1 fully saturated rings. The highest BCUT2D eigenvalue weighted by Gasteiger charge is 2.20. The maximum Gasteiger partial charge on any atom is 0.228 e. The fraction of sp³-hybridized carbons (Fsp3) is 0.688. The number of hydrogen-bond donors (Lipinski definition) is 0. The van der Waals surface area contributed by atoms with Crippen molar-refractivity contribution in [1.29, 1.82) is 0 Å². The van der Waals surface area contributed by atoms with Gasteiger partial charge >= 0.3 is 0 Å². The quantitative estimate of drug-likeness (QED) is 0.642. The summed E-state index contributed by atoms with van der Waals surface area (Å²) in [6.07, 6.45) is 2.97. The number of hydrogen-bond acceptors (Lipinski definition) is 7. The Hall–Kier alpha value is -1.93. The first kappa shape index (κ1) is 18.4. The van der Waals surface area contributed by atoms with Gasteiger partial charge in [0, 0.05) is 45.6 Å². The van der Waals surface area contributed by atoms with Crippen LogP contribution in [0.25, 0.3) is 0 Å². The Morgan fingerprint density at radius 2 is 2.04 bits per heavy atom. The van der Waals surface area contributed by atoms with E-state index in [1.54, 1.807) is 26.5 Å². The first-order valence-corrected chi connectivity index (χ1v) is 8.21. The third-order valence-corrected chi connectivity index (χ3v) is 3.85. The van der Waals surface area contributed by atoms with Crippen molar-refractivity contribution in [2.24, 2.45) is 0 Å². The largest absolute Gasteiger partial charge is 0.481 e. The van der Waals surface area contributed by atoms with Crippen LogP contribution in [0.15, 0.2) is 12.3 Å². The van der Waals surface area contributed by atoms with Crippen molar-refractivity contribution in [2.75, 3.05) is 65.1 Å². The SMILES string of the molecule is COCCOCCC(=O)N1CCCN(c2nccc(OC)n2)CC1. The van der Waals surface area contributed by atoms with Crippen LogP contribution in [-0.2, 0) is 14.3 Å². The first-order chi connectivity index (χ1) is 11.7. The van der Waals surface area contributed by atoms with Crippen molar-refractivity contribution in [3.05, 3.63) is 12.3 Å². The molecule has 1 aromatic rings. The number of rotatable bonds is 8. The van der Waals surface area contributed by atoms with Crippen LogP contribution in [0.5, 0.6) is 5.88 Å². The zero-order valence-corrected chi connectivity index (χ0v) is 14.4. The molecular formula is C16H26N4O4. The summed E-state index contributed by atoms with van der Waals surface area (Å²) < 4.78 is 15.4. The lowest BCUT2D eigenvalue weighted by Crippen LogP contribution is -2.36. The van der Waals surface area contributed by atoms with Crippen molar-refractivity contribution in [2.45, 2.75) is 12.8 Å². The molecule has 1 aromatic heterocycles. The van der Waals surface area contributed by atoms with Gasteiger partial charge in [-0.05, 0) is 6.42 Å². The van der Waals surface area contributed by atoms with Crippen molar-refractivity contribution < 1.29 is 19.0 Å². The lowest BCUT2D eigenvalue weighted by atomic mass is 10.3. The Kier molecular flexibility index (Phi) is 7.70. The predicted octanol–water partition coefficient (Wildman–Crippen LogP) is 0.577. The summed E-state index contributed by atoms with van der Waals surface area (Å²) in [6, 6.07) is 1.72. The Bertz CT molecular complexity index is 515. The average molecular weight is 338 g/mol. The van der Waals surface area contributed by atoms with E-state index in [-0.39, 0.29) is 5.91 Å². The second-order valence-electron chi connectivity index (χ2n) is 5.48. The molecule has 0 saturated carbocycles. The zero-order chi connectivity index (χ0) is 17.2. The summed E-state index contributed by atoms with van der Waals surface area (Å²) in [5, 5.41) is 0. The molecule has 0 aliphatic carbocycles. The van der Waals surface area contributed by atoms with Gasteiger partial charge in [-0.15, -0.1) is 0 Å². The fourth-order valence-electron chi connectivity index (χ4n) is 2.53.